The summed E-state index contributed by atoms with van der Waals surface area (Å²) in [6.45, 7) is 6.33. The number of hydrogen-bond donors (Lipinski definition) is 1. The Morgan fingerprint density at radius 2 is 2.03 bits per heavy atom. The molecule has 1 amide bonds. The number of methoxy groups -OCH3 is 1. The van der Waals surface area contributed by atoms with E-state index in [4.69, 9.17) is 9.72 Å². The fourth-order valence-corrected chi connectivity index (χ4v) is 4.13. The number of amides is 1. The summed E-state index contributed by atoms with van der Waals surface area (Å²) in [7, 11) is 1.67. The van der Waals surface area contributed by atoms with Crippen molar-refractivity contribution in [2.75, 3.05) is 20.3 Å². The Labute approximate surface area is 176 Å². The molecule has 154 valence electrons. The number of benzene rings is 1. The van der Waals surface area contributed by atoms with Crippen molar-refractivity contribution in [2.45, 2.75) is 39.7 Å². The molecule has 0 unspecified atom stereocenters. The number of carbonyl (C=O) groups is 1. The van der Waals surface area contributed by atoms with Gasteiger partial charge in [-0.1, -0.05) is 43.7 Å². The summed E-state index contributed by atoms with van der Waals surface area (Å²) in [4.78, 5) is 17.6. The first kappa shape index (κ1) is 21.3. The van der Waals surface area contributed by atoms with E-state index >= 15 is 0 Å². The van der Waals surface area contributed by atoms with Crippen LogP contribution in [0.5, 0.6) is 0 Å². The van der Waals surface area contributed by atoms with E-state index in [1.807, 2.05) is 31.2 Å². The summed E-state index contributed by atoms with van der Waals surface area (Å²) < 4.78 is 7.29. The van der Waals surface area contributed by atoms with Crippen LogP contribution in [0.1, 0.15) is 42.2 Å². The highest BCUT2D eigenvalue weighted by atomic mass is 32.1. The van der Waals surface area contributed by atoms with Gasteiger partial charge >= 0.3 is 0 Å². The van der Waals surface area contributed by atoms with E-state index in [0.717, 1.165) is 59.0 Å². The quantitative estimate of drug-likeness (QED) is 0.469. The number of carbonyl (C=O) groups excluding carboxylic acids is 1. The molecule has 0 aliphatic carbocycles. The van der Waals surface area contributed by atoms with E-state index in [9.17, 15) is 4.79 Å². The van der Waals surface area contributed by atoms with Crippen molar-refractivity contribution in [3.63, 3.8) is 0 Å². The molecule has 29 heavy (non-hydrogen) atoms. The molecule has 0 aliphatic heterocycles. The van der Waals surface area contributed by atoms with Crippen LogP contribution in [0.25, 0.3) is 22.0 Å². The monoisotopic (exact) mass is 411 g/mol. The Bertz CT molecular complexity index is 931. The predicted octanol–water partition coefficient (Wildman–Crippen LogP) is 5.15. The van der Waals surface area contributed by atoms with Gasteiger partial charge in [0, 0.05) is 43.4 Å². The summed E-state index contributed by atoms with van der Waals surface area (Å²) in [5, 5.41) is 6.08. The van der Waals surface area contributed by atoms with Crippen molar-refractivity contribution in [3.05, 3.63) is 53.0 Å². The molecule has 0 saturated heterocycles. The maximum absolute atomic E-state index is 12.7. The molecule has 2 aromatic heterocycles. The second-order valence-electron chi connectivity index (χ2n) is 7.04. The van der Waals surface area contributed by atoms with Gasteiger partial charge in [-0.2, -0.15) is 0 Å². The molecule has 2 heterocycles. The standard InChI is InChI=1S/C23H29N3O2S/c1-4-5-13-26-17(2)19(22(27)24-12-9-14-28-3)15-21(26)20-16-29-23(25-20)18-10-7-6-8-11-18/h6-8,10-11,15-16H,4-5,9,12-14H2,1-3H3,(H,24,27). The molecular formula is C23H29N3O2S. The molecule has 0 radical (unpaired) electrons. The Morgan fingerprint density at radius 3 is 2.76 bits per heavy atom. The summed E-state index contributed by atoms with van der Waals surface area (Å²) in [6.07, 6.45) is 2.96. The smallest absolute Gasteiger partial charge is 0.253 e. The van der Waals surface area contributed by atoms with Crippen LogP contribution in [0.15, 0.2) is 41.8 Å². The SMILES string of the molecule is CCCCn1c(-c2csc(-c3ccccc3)n2)cc(C(=O)NCCCOC)c1C. The van der Waals surface area contributed by atoms with Crippen molar-refractivity contribution in [1.29, 1.82) is 0 Å². The van der Waals surface area contributed by atoms with Crippen LogP contribution in [0, 0.1) is 6.92 Å². The maximum atomic E-state index is 12.7. The third-order valence-electron chi connectivity index (χ3n) is 4.94. The van der Waals surface area contributed by atoms with Crippen molar-refractivity contribution in [3.8, 4) is 22.0 Å². The number of unbranched alkanes of at least 4 members (excludes halogenated alkanes) is 1. The number of rotatable bonds is 10. The van der Waals surface area contributed by atoms with E-state index < -0.39 is 0 Å². The largest absolute Gasteiger partial charge is 0.385 e. The second-order valence-corrected chi connectivity index (χ2v) is 7.90. The Morgan fingerprint density at radius 1 is 1.24 bits per heavy atom. The zero-order valence-electron chi connectivity index (χ0n) is 17.4. The second kappa shape index (κ2) is 10.4. The minimum absolute atomic E-state index is 0.0337. The molecule has 6 heteroatoms. The van der Waals surface area contributed by atoms with Crippen LogP contribution in [0.3, 0.4) is 0 Å². The minimum atomic E-state index is -0.0337. The van der Waals surface area contributed by atoms with Gasteiger partial charge in [-0.3, -0.25) is 4.79 Å². The molecule has 0 spiro atoms. The van der Waals surface area contributed by atoms with Gasteiger partial charge in [-0.15, -0.1) is 11.3 Å². The van der Waals surface area contributed by atoms with Gasteiger partial charge in [-0.25, -0.2) is 4.98 Å². The Kier molecular flexibility index (Phi) is 7.61. The Hall–Kier alpha value is -2.44. The average Bonchev–Trinajstić information content (AvgIpc) is 3.35. The van der Waals surface area contributed by atoms with Gasteiger partial charge in [-0.05, 0) is 25.8 Å². The molecule has 1 N–H and O–H groups in total. The number of ether oxygens (including phenoxy) is 1. The zero-order valence-corrected chi connectivity index (χ0v) is 18.2. The van der Waals surface area contributed by atoms with E-state index in [1.165, 1.54) is 0 Å². The molecule has 0 atom stereocenters. The van der Waals surface area contributed by atoms with Crippen LogP contribution in [0.2, 0.25) is 0 Å². The fourth-order valence-electron chi connectivity index (χ4n) is 3.31. The third kappa shape index (κ3) is 5.14. The number of hydrogen-bond acceptors (Lipinski definition) is 4. The van der Waals surface area contributed by atoms with Crippen LogP contribution in [-0.2, 0) is 11.3 Å². The highest BCUT2D eigenvalue weighted by Gasteiger charge is 2.20. The van der Waals surface area contributed by atoms with Crippen LogP contribution in [-0.4, -0.2) is 35.7 Å². The highest BCUT2D eigenvalue weighted by molar-refractivity contribution is 7.13. The van der Waals surface area contributed by atoms with Gasteiger partial charge < -0.3 is 14.6 Å². The van der Waals surface area contributed by atoms with Gasteiger partial charge in [0.2, 0.25) is 0 Å². The lowest BCUT2D eigenvalue weighted by Crippen LogP contribution is -2.25. The van der Waals surface area contributed by atoms with Crippen molar-refractivity contribution in [2.24, 2.45) is 0 Å². The highest BCUT2D eigenvalue weighted by Crippen LogP contribution is 2.31. The molecular weight excluding hydrogens is 382 g/mol. The first-order valence-corrected chi connectivity index (χ1v) is 11.0. The van der Waals surface area contributed by atoms with E-state index in [0.29, 0.717) is 13.2 Å². The van der Waals surface area contributed by atoms with Gasteiger partial charge in [0.15, 0.2) is 0 Å². The molecule has 0 fully saturated rings. The van der Waals surface area contributed by atoms with Crippen molar-refractivity contribution >= 4 is 17.2 Å². The topological polar surface area (TPSA) is 56.2 Å². The summed E-state index contributed by atoms with van der Waals surface area (Å²) in [6, 6.07) is 12.2. The molecule has 5 nitrogen and oxygen atoms in total. The lowest BCUT2D eigenvalue weighted by atomic mass is 10.2. The van der Waals surface area contributed by atoms with E-state index in [-0.39, 0.29) is 5.91 Å². The third-order valence-corrected chi connectivity index (χ3v) is 5.84. The van der Waals surface area contributed by atoms with E-state index in [2.05, 4.69) is 34.3 Å². The number of aromatic nitrogens is 2. The molecule has 3 aromatic rings. The zero-order chi connectivity index (χ0) is 20.6. The predicted molar refractivity (Wildman–Crippen MR) is 119 cm³/mol. The normalized spacial score (nSPS) is 11.0. The number of thiazole rings is 1. The van der Waals surface area contributed by atoms with Gasteiger partial charge in [0.05, 0.1) is 17.0 Å². The maximum Gasteiger partial charge on any atom is 0.253 e. The summed E-state index contributed by atoms with van der Waals surface area (Å²) in [5.41, 5.74) is 4.76. The van der Waals surface area contributed by atoms with Gasteiger partial charge in [0.1, 0.15) is 5.01 Å². The lowest BCUT2D eigenvalue weighted by molar-refractivity contribution is 0.0948. The van der Waals surface area contributed by atoms with Crippen LogP contribution >= 0.6 is 11.3 Å². The van der Waals surface area contributed by atoms with Gasteiger partial charge in [0.25, 0.3) is 5.91 Å². The molecule has 0 saturated carbocycles. The average molecular weight is 412 g/mol. The summed E-state index contributed by atoms with van der Waals surface area (Å²) >= 11 is 1.63. The van der Waals surface area contributed by atoms with E-state index in [1.54, 1.807) is 18.4 Å². The number of nitrogens with one attached hydrogen (secondary N) is 1. The molecule has 0 bridgehead atoms. The Balaban J connectivity index is 1.89. The lowest BCUT2D eigenvalue weighted by Gasteiger charge is -2.10. The summed E-state index contributed by atoms with van der Waals surface area (Å²) in [5.74, 6) is -0.0337. The molecule has 0 aliphatic rings. The van der Waals surface area contributed by atoms with Crippen molar-refractivity contribution < 1.29 is 9.53 Å². The fraction of sp³-hybridized carbons (Fsp3) is 0.391. The van der Waals surface area contributed by atoms with Crippen LogP contribution in [0.4, 0.5) is 0 Å². The van der Waals surface area contributed by atoms with Crippen molar-refractivity contribution in [1.82, 2.24) is 14.9 Å². The number of nitrogens with zero attached hydrogens (tertiary/aromatic N) is 2. The first-order chi connectivity index (χ1) is 14.2. The molecule has 1 aromatic carbocycles. The first-order valence-electron chi connectivity index (χ1n) is 10.1. The molecule has 3 rings (SSSR count). The minimum Gasteiger partial charge on any atom is -0.385 e. The van der Waals surface area contributed by atoms with Crippen LogP contribution < -0.4 is 5.32 Å².